The van der Waals surface area contributed by atoms with E-state index in [0.717, 1.165) is 88.8 Å². The second kappa shape index (κ2) is 18.7. The third-order valence-corrected chi connectivity index (χ3v) is 18.8. The molecule has 0 bridgehead atoms. The molecule has 2 heterocycles. The highest BCUT2D eigenvalue weighted by molar-refractivity contribution is 6.12. The zero-order valence-corrected chi connectivity index (χ0v) is 46.7. The first-order valence-corrected chi connectivity index (χ1v) is 29.6. The minimum atomic E-state index is -0.912. The van der Waals surface area contributed by atoms with Gasteiger partial charge in [0.25, 0.3) is 0 Å². The number of nitrogens with zero attached hydrogens (tertiary/aromatic N) is 2. The normalized spacial score (nSPS) is 15.8. The maximum Gasteiger partial charge on any atom is 0.159 e. The maximum absolute atomic E-state index is 6.98. The van der Waals surface area contributed by atoms with Crippen molar-refractivity contribution < 1.29 is 8.83 Å². The summed E-state index contributed by atoms with van der Waals surface area (Å²) in [6.45, 7) is 0. The molecule has 2 aliphatic rings. The van der Waals surface area contributed by atoms with Crippen molar-refractivity contribution in [2.45, 2.75) is 10.8 Å². The summed E-state index contributed by atoms with van der Waals surface area (Å²) >= 11 is 0. The molecule has 402 valence electrons. The first kappa shape index (κ1) is 48.3. The van der Waals surface area contributed by atoms with Crippen molar-refractivity contribution >= 4 is 99.5 Å². The molecule has 0 N–H and O–H groups in total. The van der Waals surface area contributed by atoms with E-state index in [1.54, 1.807) is 0 Å². The fourth-order valence-corrected chi connectivity index (χ4v) is 15.4. The predicted molar refractivity (Wildman–Crippen MR) is 355 cm³/mol. The second-order valence-corrected chi connectivity index (χ2v) is 23.0. The highest BCUT2D eigenvalue weighted by atomic mass is 16.3. The van der Waals surface area contributed by atoms with Crippen LogP contribution in [0.2, 0.25) is 0 Å². The van der Waals surface area contributed by atoms with Gasteiger partial charge in [0, 0.05) is 44.3 Å². The lowest BCUT2D eigenvalue weighted by molar-refractivity contribution is 0.437. The fraction of sp³-hybridized carbons (Fsp3) is 0.0244. The third-order valence-electron chi connectivity index (χ3n) is 18.8. The van der Waals surface area contributed by atoms with Crippen molar-refractivity contribution in [1.29, 1.82) is 0 Å². The van der Waals surface area contributed by atoms with Crippen LogP contribution in [0.1, 0.15) is 33.4 Å². The van der Waals surface area contributed by atoms with Crippen LogP contribution in [-0.2, 0) is 10.8 Å². The van der Waals surface area contributed by atoms with Gasteiger partial charge in [-0.1, -0.05) is 243 Å². The van der Waals surface area contributed by atoms with Gasteiger partial charge >= 0.3 is 0 Å². The van der Waals surface area contributed by atoms with Crippen LogP contribution < -0.4 is 9.80 Å². The van der Waals surface area contributed by atoms with Crippen LogP contribution in [0.15, 0.2) is 324 Å². The summed E-state index contributed by atoms with van der Waals surface area (Å²) in [6.07, 6.45) is 0. The molecule has 86 heavy (non-hydrogen) atoms. The van der Waals surface area contributed by atoms with Crippen molar-refractivity contribution in [2.24, 2.45) is 0 Å². The molecule has 2 unspecified atom stereocenters. The average molecular weight is 1100 g/mol. The number of hydrogen-bond donors (Lipinski definition) is 0. The summed E-state index contributed by atoms with van der Waals surface area (Å²) in [7, 11) is 0. The van der Waals surface area contributed by atoms with Crippen LogP contribution in [0.3, 0.4) is 0 Å². The summed E-state index contributed by atoms with van der Waals surface area (Å²) in [5.74, 6) is 0. The van der Waals surface area contributed by atoms with Crippen molar-refractivity contribution in [2.75, 3.05) is 9.80 Å². The molecular weight excluding hydrogens is 1040 g/mol. The quantitative estimate of drug-likeness (QED) is 0.144. The molecule has 0 aliphatic heterocycles. The summed E-state index contributed by atoms with van der Waals surface area (Å²) < 4.78 is 14.0. The number of rotatable bonds is 9. The first-order valence-electron chi connectivity index (χ1n) is 29.6. The molecule has 4 nitrogen and oxygen atoms in total. The molecule has 0 saturated heterocycles. The van der Waals surface area contributed by atoms with Gasteiger partial charge in [0.15, 0.2) is 11.2 Å². The number of benzene rings is 14. The topological polar surface area (TPSA) is 32.8 Å². The van der Waals surface area contributed by atoms with E-state index in [-0.39, 0.29) is 0 Å². The Balaban J connectivity index is 0.965. The van der Waals surface area contributed by atoms with Crippen LogP contribution in [0, 0.1) is 0 Å². The monoisotopic (exact) mass is 1100 g/mol. The van der Waals surface area contributed by atoms with Gasteiger partial charge in [-0.2, -0.15) is 0 Å². The Labute approximate surface area is 497 Å². The molecule has 0 fully saturated rings. The van der Waals surface area contributed by atoms with Crippen LogP contribution in [0.5, 0.6) is 0 Å². The zero-order chi connectivity index (χ0) is 56.5. The highest BCUT2D eigenvalue weighted by Gasteiger charge is 2.64. The summed E-state index contributed by atoms with van der Waals surface area (Å²) in [4.78, 5) is 4.86. The van der Waals surface area contributed by atoms with E-state index in [9.17, 15) is 0 Å². The van der Waals surface area contributed by atoms with E-state index in [4.69, 9.17) is 8.83 Å². The van der Waals surface area contributed by atoms with Gasteiger partial charge in [-0.15, -0.1) is 0 Å². The van der Waals surface area contributed by atoms with Crippen LogP contribution in [-0.4, -0.2) is 0 Å². The van der Waals surface area contributed by atoms with Crippen molar-refractivity contribution in [3.63, 3.8) is 0 Å². The van der Waals surface area contributed by atoms with E-state index in [1.807, 2.05) is 0 Å². The Morgan fingerprint density at radius 3 is 1.05 bits per heavy atom. The summed E-state index contributed by atoms with van der Waals surface area (Å²) in [5, 5.41) is 9.01. The molecule has 16 aromatic rings. The smallest absolute Gasteiger partial charge is 0.159 e. The first-order chi connectivity index (χ1) is 42.6. The molecule has 4 heteroatoms. The van der Waals surface area contributed by atoms with Crippen molar-refractivity contribution in [1.82, 2.24) is 0 Å². The molecule has 0 spiro atoms. The lowest BCUT2D eigenvalue weighted by Crippen LogP contribution is -2.50. The summed E-state index contributed by atoms with van der Waals surface area (Å²) in [5.41, 5.74) is 19.7. The minimum absolute atomic E-state index is 0.834. The molecule has 0 amide bonds. The maximum atomic E-state index is 6.98. The molecular formula is C82H52N2O2. The second-order valence-electron chi connectivity index (χ2n) is 23.0. The van der Waals surface area contributed by atoms with E-state index >= 15 is 0 Å². The number of furan rings is 2. The minimum Gasteiger partial charge on any atom is -0.454 e. The molecule has 0 saturated carbocycles. The number of anilines is 6. The van der Waals surface area contributed by atoms with Crippen LogP contribution >= 0.6 is 0 Å². The Hall–Kier alpha value is -11.2. The Kier molecular flexibility index (Phi) is 10.5. The Bertz CT molecular complexity index is 5070. The van der Waals surface area contributed by atoms with Gasteiger partial charge < -0.3 is 18.6 Å². The van der Waals surface area contributed by atoms with Gasteiger partial charge in [-0.05, 0) is 150 Å². The molecule has 2 atom stereocenters. The number of hydrogen-bond acceptors (Lipinski definition) is 4. The highest BCUT2D eigenvalue weighted by Crippen LogP contribution is 2.70. The summed E-state index contributed by atoms with van der Waals surface area (Å²) in [6, 6.07) is 117. The predicted octanol–water partition coefficient (Wildman–Crippen LogP) is 22.1. The van der Waals surface area contributed by atoms with E-state index in [2.05, 4.69) is 325 Å². The molecule has 18 rings (SSSR count). The van der Waals surface area contributed by atoms with Gasteiger partial charge in [-0.3, -0.25) is 0 Å². The van der Waals surface area contributed by atoms with E-state index in [0.29, 0.717) is 0 Å². The average Bonchev–Trinajstić information content (AvgIpc) is 1.52. The lowest BCUT2D eigenvalue weighted by Gasteiger charge is -2.51. The molecule has 2 aliphatic carbocycles. The standard InChI is InChI=1S/C82H52N2O2/c1-3-25-57(26-4-1)81(71-35-15-11-29-63(71)65-47-45-61(51-73(65)81)83(59-43-41-53-21-7-9-23-55(53)49-59)75-37-19-33-69-67-31-13-17-39-77(67)85-79(69)75)82(58-27-5-2-6-28-58)72-36-16-12-30-64(72)66-48-46-62(52-74(66)82)84(60-44-42-54-22-8-10-24-56(54)50-60)76-38-20-34-70-68-32-14-18-40-78(68)86-80(70)76/h1-52H. The van der Waals surface area contributed by atoms with Gasteiger partial charge in [0.05, 0.1) is 22.2 Å². The lowest BCUT2D eigenvalue weighted by atomic mass is 9.49. The van der Waals surface area contributed by atoms with Crippen molar-refractivity contribution in [3.05, 3.63) is 349 Å². The molecule has 0 radical (unpaired) electrons. The van der Waals surface area contributed by atoms with Gasteiger partial charge in [-0.25, -0.2) is 0 Å². The largest absolute Gasteiger partial charge is 0.454 e. The van der Waals surface area contributed by atoms with Crippen LogP contribution in [0.25, 0.3) is 87.7 Å². The van der Waals surface area contributed by atoms with Gasteiger partial charge in [0.1, 0.15) is 11.2 Å². The number of fused-ring (bicyclic) bond motifs is 14. The SMILES string of the molecule is c1ccc(C2(C3(c4ccccc4)c4ccccc4-c4ccc(N(c5ccc6ccccc6c5)c5cccc6c5oc5ccccc56)cc43)c3ccccc3-c3ccc(N(c4ccc5ccccc5c4)c4cccc5c4oc4ccccc45)cc32)cc1. The molecule has 14 aromatic carbocycles. The fourth-order valence-electron chi connectivity index (χ4n) is 15.4. The zero-order valence-electron chi connectivity index (χ0n) is 46.7. The van der Waals surface area contributed by atoms with Gasteiger partial charge in [0.2, 0.25) is 0 Å². The van der Waals surface area contributed by atoms with Crippen molar-refractivity contribution in [3.8, 4) is 22.3 Å². The Morgan fingerprint density at radius 2 is 0.581 bits per heavy atom. The number of para-hydroxylation sites is 4. The van der Waals surface area contributed by atoms with E-state index < -0.39 is 10.8 Å². The van der Waals surface area contributed by atoms with E-state index in [1.165, 1.54) is 66.4 Å². The Morgan fingerprint density at radius 1 is 0.233 bits per heavy atom. The third kappa shape index (κ3) is 6.75. The molecule has 2 aromatic heterocycles. The van der Waals surface area contributed by atoms with Crippen LogP contribution in [0.4, 0.5) is 34.1 Å².